The standard InChI is InChI=1S/C19H22ClN3O4S/c1-22(2)28(25,26)16-7-5-14(6-8-16)19(24)23-11-3-4-15(13-23)27-18-9-10-21-12-17(18)20/h5-10,12,15H,3-4,11,13H2,1-2H3. The Kier molecular flexibility index (Phi) is 6.22. The molecule has 1 saturated heterocycles. The van der Waals surface area contributed by atoms with Gasteiger partial charge >= 0.3 is 0 Å². The van der Waals surface area contributed by atoms with E-state index in [0.29, 0.717) is 29.4 Å². The maximum atomic E-state index is 12.8. The highest BCUT2D eigenvalue weighted by Gasteiger charge is 2.26. The number of sulfonamides is 1. The van der Waals surface area contributed by atoms with Crippen molar-refractivity contribution in [2.45, 2.75) is 23.8 Å². The summed E-state index contributed by atoms with van der Waals surface area (Å²) in [5, 5.41) is 0.434. The van der Waals surface area contributed by atoms with E-state index in [-0.39, 0.29) is 16.9 Å². The van der Waals surface area contributed by atoms with Crippen molar-refractivity contribution in [3.63, 3.8) is 0 Å². The number of carbonyl (C=O) groups excluding carboxylic acids is 1. The van der Waals surface area contributed by atoms with Gasteiger partial charge in [-0.2, -0.15) is 0 Å². The quantitative estimate of drug-likeness (QED) is 0.738. The predicted molar refractivity (Wildman–Crippen MR) is 106 cm³/mol. The van der Waals surface area contributed by atoms with Gasteiger partial charge in [0.2, 0.25) is 10.0 Å². The average Bonchev–Trinajstić information content (AvgIpc) is 2.69. The number of halogens is 1. The molecule has 0 N–H and O–H groups in total. The van der Waals surface area contributed by atoms with E-state index in [1.807, 2.05) is 0 Å². The molecule has 1 fully saturated rings. The van der Waals surface area contributed by atoms with Crippen molar-refractivity contribution >= 4 is 27.5 Å². The molecule has 0 bridgehead atoms. The van der Waals surface area contributed by atoms with Gasteiger partial charge in [-0.3, -0.25) is 9.78 Å². The van der Waals surface area contributed by atoms with Gasteiger partial charge in [0.15, 0.2) is 0 Å². The molecule has 2 heterocycles. The number of aromatic nitrogens is 1. The maximum Gasteiger partial charge on any atom is 0.253 e. The monoisotopic (exact) mass is 423 g/mol. The van der Waals surface area contributed by atoms with Crippen LogP contribution in [0.1, 0.15) is 23.2 Å². The minimum atomic E-state index is -3.52. The van der Waals surface area contributed by atoms with Crippen LogP contribution in [0.15, 0.2) is 47.6 Å². The molecule has 1 aromatic carbocycles. The molecule has 7 nitrogen and oxygen atoms in total. The van der Waals surface area contributed by atoms with Gasteiger partial charge in [0.25, 0.3) is 5.91 Å². The number of ether oxygens (including phenoxy) is 1. The molecule has 1 amide bonds. The van der Waals surface area contributed by atoms with Gasteiger partial charge in [0, 0.05) is 44.7 Å². The number of hydrogen-bond acceptors (Lipinski definition) is 5. The fourth-order valence-corrected chi connectivity index (χ4v) is 4.08. The molecule has 3 rings (SSSR count). The van der Waals surface area contributed by atoms with Crippen molar-refractivity contribution in [3.8, 4) is 5.75 Å². The Hall–Kier alpha value is -2.16. The van der Waals surface area contributed by atoms with Crippen LogP contribution in [0.4, 0.5) is 0 Å². The minimum absolute atomic E-state index is 0.150. The predicted octanol–water partition coefficient (Wildman–Crippen LogP) is 2.67. The smallest absolute Gasteiger partial charge is 0.253 e. The minimum Gasteiger partial charge on any atom is -0.487 e. The molecule has 150 valence electrons. The summed E-state index contributed by atoms with van der Waals surface area (Å²) >= 11 is 6.09. The Labute approximate surface area is 169 Å². The zero-order chi connectivity index (χ0) is 20.3. The zero-order valence-electron chi connectivity index (χ0n) is 15.7. The molecule has 0 saturated carbocycles. The Morgan fingerprint density at radius 1 is 1.25 bits per heavy atom. The first-order chi connectivity index (χ1) is 13.3. The summed E-state index contributed by atoms with van der Waals surface area (Å²) < 4.78 is 31.4. The third kappa shape index (κ3) is 4.45. The van der Waals surface area contributed by atoms with Gasteiger partial charge in [-0.15, -0.1) is 0 Å². The van der Waals surface area contributed by atoms with E-state index >= 15 is 0 Å². The van der Waals surface area contributed by atoms with Gasteiger partial charge in [-0.1, -0.05) is 11.6 Å². The Morgan fingerprint density at radius 2 is 1.96 bits per heavy atom. The first-order valence-corrected chi connectivity index (χ1v) is 10.7. The maximum absolute atomic E-state index is 12.8. The fraction of sp³-hybridized carbons (Fsp3) is 0.368. The zero-order valence-corrected chi connectivity index (χ0v) is 17.3. The number of carbonyl (C=O) groups is 1. The second-order valence-corrected chi connectivity index (χ2v) is 9.31. The number of hydrogen-bond donors (Lipinski definition) is 0. The lowest BCUT2D eigenvalue weighted by Crippen LogP contribution is -2.44. The second kappa shape index (κ2) is 8.46. The van der Waals surface area contributed by atoms with E-state index in [4.69, 9.17) is 16.3 Å². The SMILES string of the molecule is CN(C)S(=O)(=O)c1ccc(C(=O)N2CCCC(Oc3ccncc3Cl)C2)cc1. The first kappa shape index (κ1) is 20.6. The summed E-state index contributed by atoms with van der Waals surface area (Å²) in [6.45, 7) is 1.07. The van der Waals surface area contributed by atoms with E-state index in [1.165, 1.54) is 32.4 Å². The van der Waals surface area contributed by atoms with E-state index in [0.717, 1.165) is 17.1 Å². The van der Waals surface area contributed by atoms with Gasteiger partial charge in [0.05, 0.1) is 11.4 Å². The van der Waals surface area contributed by atoms with Crippen LogP contribution in [0.2, 0.25) is 5.02 Å². The molecule has 0 aliphatic carbocycles. The van der Waals surface area contributed by atoms with Crippen molar-refractivity contribution in [2.24, 2.45) is 0 Å². The highest BCUT2D eigenvalue weighted by Crippen LogP contribution is 2.26. The number of likely N-dealkylation sites (tertiary alicyclic amines) is 1. The summed E-state index contributed by atoms with van der Waals surface area (Å²) in [6.07, 6.45) is 4.60. The number of nitrogens with zero attached hydrogens (tertiary/aromatic N) is 3. The van der Waals surface area contributed by atoms with Crippen LogP contribution in [-0.2, 0) is 10.0 Å². The molecule has 1 aliphatic heterocycles. The lowest BCUT2D eigenvalue weighted by Gasteiger charge is -2.33. The average molecular weight is 424 g/mol. The molecular formula is C19H22ClN3O4S. The Bertz CT molecular complexity index is 948. The Balaban J connectivity index is 1.69. The van der Waals surface area contributed by atoms with Crippen LogP contribution >= 0.6 is 11.6 Å². The van der Waals surface area contributed by atoms with E-state index in [2.05, 4.69) is 4.98 Å². The number of amides is 1. The summed E-state index contributed by atoms with van der Waals surface area (Å²) in [5.41, 5.74) is 0.445. The van der Waals surface area contributed by atoms with Crippen LogP contribution < -0.4 is 4.74 Å². The van der Waals surface area contributed by atoms with Crippen LogP contribution in [0.25, 0.3) is 0 Å². The summed E-state index contributed by atoms with van der Waals surface area (Å²) in [5.74, 6) is 0.400. The molecule has 1 unspecified atom stereocenters. The highest BCUT2D eigenvalue weighted by atomic mass is 35.5. The summed E-state index contributed by atoms with van der Waals surface area (Å²) in [4.78, 5) is 18.6. The molecule has 0 radical (unpaired) electrons. The van der Waals surface area contributed by atoms with Crippen molar-refractivity contribution in [1.82, 2.24) is 14.2 Å². The number of piperidine rings is 1. The van der Waals surface area contributed by atoms with Crippen LogP contribution in [0, 0.1) is 0 Å². The van der Waals surface area contributed by atoms with E-state index < -0.39 is 10.0 Å². The molecule has 0 spiro atoms. The van der Waals surface area contributed by atoms with Crippen LogP contribution in [0.3, 0.4) is 0 Å². The van der Waals surface area contributed by atoms with Crippen LogP contribution in [0.5, 0.6) is 5.75 Å². The number of pyridine rings is 1. The molecular weight excluding hydrogens is 402 g/mol. The van der Waals surface area contributed by atoms with Crippen LogP contribution in [-0.4, -0.2) is 61.8 Å². The third-order valence-corrected chi connectivity index (χ3v) is 6.69. The molecule has 1 atom stereocenters. The lowest BCUT2D eigenvalue weighted by atomic mass is 10.1. The van der Waals surface area contributed by atoms with Gasteiger partial charge in [-0.05, 0) is 37.1 Å². The fourth-order valence-electron chi connectivity index (χ4n) is 3.02. The largest absolute Gasteiger partial charge is 0.487 e. The van der Waals surface area contributed by atoms with Gasteiger partial charge in [0.1, 0.15) is 16.9 Å². The van der Waals surface area contributed by atoms with Gasteiger partial charge in [-0.25, -0.2) is 12.7 Å². The van der Waals surface area contributed by atoms with Crippen molar-refractivity contribution in [2.75, 3.05) is 27.2 Å². The van der Waals surface area contributed by atoms with E-state index in [9.17, 15) is 13.2 Å². The van der Waals surface area contributed by atoms with E-state index in [1.54, 1.807) is 29.3 Å². The number of rotatable bonds is 5. The normalized spacial score (nSPS) is 17.6. The van der Waals surface area contributed by atoms with Crippen molar-refractivity contribution in [1.29, 1.82) is 0 Å². The molecule has 1 aromatic heterocycles. The lowest BCUT2D eigenvalue weighted by molar-refractivity contribution is 0.0538. The second-order valence-electron chi connectivity index (χ2n) is 6.75. The summed E-state index contributed by atoms with van der Waals surface area (Å²) in [7, 11) is -0.582. The van der Waals surface area contributed by atoms with Crippen molar-refractivity contribution < 1.29 is 17.9 Å². The molecule has 2 aromatic rings. The summed E-state index contributed by atoms with van der Waals surface area (Å²) in [6, 6.07) is 7.70. The van der Waals surface area contributed by atoms with Gasteiger partial charge < -0.3 is 9.64 Å². The molecule has 1 aliphatic rings. The van der Waals surface area contributed by atoms with Crippen molar-refractivity contribution in [3.05, 3.63) is 53.3 Å². The third-order valence-electron chi connectivity index (χ3n) is 4.57. The first-order valence-electron chi connectivity index (χ1n) is 8.87. The topological polar surface area (TPSA) is 79.8 Å². The molecule has 9 heteroatoms. The Morgan fingerprint density at radius 3 is 2.61 bits per heavy atom. The molecule has 28 heavy (non-hydrogen) atoms. The highest BCUT2D eigenvalue weighted by molar-refractivity contribution is 7.89. The number of benzene rings is 1.